The lowest BCUT2D eigenvalue weighted by Crippen LogP contribution is -2.48. The van der Waals surface area contributed by atoms with Crippen LogP contribution < -0.4 is 9.47 Å². The molecule has 1 saturated heterocycles. The summed E-state index contributed by atoms with van der Waals surface area (Å²) in [5.74, 6) is 1.40. The Kier molecular flexibility index (Phi) is 4.92. The number of carbonyl (C=O) groups excluding carboxylic acids is 1. The van der Waals surface area contributed by atoms with E-state index in [1.807, 2.05) is 35.2 Å². The molecule has 0 spiro atoms. The van der Waals surface area contributed by atoms with Gasteiger partial charge < -0.3 is 14.4 Å². The molecule has 33 heavy (non-hydrogen) atoms. The van der Waals surface area contributed by atoms with Crippen molar-refractivity contribution < 1.29 is 14.3 Å². The molecule has 0 N–H and O–H groups in total. The number of carbonyl (C=O) groups is 1. The second-order valence-electron chi connectivity index (χ2n) is 8.25. The Bertz CT molecular complexity index is 1310. The zero-order chi connectivity index (χ0) is 22.2. The highest BCUT2D eigenvalue weighted by Gasteiger charge is 2.26. The minimum atomic E-state index is -0.0281. The van der Waals surface area contributed by atoms with Crippen LogP contribution in [0.1, 0.15) is 15.9 Å². The first-order chi connectivity index (χ1) is 16.3. The average molecular weight is 441 g/mol. The quantitative estimate of drug-likeness (QED) is 0.485. The molecule has 4 aromatic rings. The Labute approximate surface area is 191 Å². The maximum absolute atomic E-state index is 13.3. The lowest BCUT2D eigenvalue weighted by molar-refractivity contribution is 0.0630. The third kappa shape index (κ3) is 3.68. The molecule has 8 nitrogen and oxygen atoms in total. The molecule has 0 bridgehead atoms. The smallest absolute Gasteiger partial charge is 0.259 e. The third-order valence-corrected chi connectivity index (χ3v) is 6.21. The van der Waals surface area contributed by atoms with Crippen LogP contribution in [0.5, 0.6) is 11.5 Å². The zero-order valence-corrected chi connectivity index (χ0v) is 18.1. The van der Waals surface area contributed by atoms with Crippen molar-refractivity contribution in [2.24, 2.45) is 0 Å². The largest absolute Gasteiger partial charge is 0.454 e. The summed E-state index contributed by atoms with van der Waals surface area (Å²) in [7, 11) is 0. The van der Waals surface area contributed by atoms with Gasteiger partial charge in [0.15, 0.2) is 17.1 Å². The lowest BCUT2D eigenvalue weighted by Gasteiger charge is -2.34. The minimum absolute atomic E-state index is 0.0281. The van der Waals surface area contributed by atoms with E-state index >= 15 is 0 Å². The van der Waals surface area contributed by atoms with Gasteiger partial charge in [-0.25, -0.2) is 9.50 Å². The number of piperazine rings is 1. The van der Waals surface area contributed by atoms with Gasteiger partial charge in [-0.15, -0.1) is 0 Å². The van der Waals surface area contributed by atoms with Gasteiger partial charge in [0.1, 0.15) is 5.56 Å². The monoisotopic (exact) mass is 441 g/mol. The highest BCUT2D eigenvalue weighted by Crippen LogP contribution is 2.36. The van der Waals surface area contributed by atoms with Crippen molar-refractivity contribution in [1.29, 1.82) is 0 Å². The number of aromatic nitrogens is 3. The van der Waals surface area contributed by atoms with E-state index in [9.17, 15) is 4.79 Å². The van der Waals surface area contributed by atoms with E-state index in [0.29, 0.717) is 30.0 Å². The molecule has 2 aromatic carbocycles. The number of fused-ring (bicyclic) bond motifs is 2. The molecular weight excluding hydrogens is 418 g/mol. The first-order valence-corrected chi connectivity index (χ1v) is 11.0. The molecule has 2 aliphatic heterocycles. The van der Waals surface area contributed by atoms with Gasteiger partial charge in [0.2, 0.25) is 6.79 Å². The summed E-state index contributed by atoms with van der Waals surface area (Å²) in [6, 6.07) is 18.1. The van der Waals surface area contributed by atoms with Crippen molar-refractivity contribution in [3.05, 3.63) is 78.1 Å². The van der Waals surface area contributed by atoms with E-state index in [1.165, 1.54) is 5.56 Å². The molecule has 6 rings (SSSR count). The molecule has 8 heteroatoms. The molecule has 0 radical (unpaired) electrons. The van der Waals surface area contributed by atoms with Crippen LogP contribution in [-0.2, 0) is 6.54 Å². The van der Waals surface area contributed by atoms with Crippen molar-refractivity contribution in [2.45, 2.75) is 6.54 Å². The van der Waals surface area contributed by atoms with Gasteiger partial charge in [-0.1, -0.05) is 30.3 Å². The summed E-state index contributed by atoms with van der Waals surface area (Å²) < 4.78 is 12.6. The van der Waals surface area contributed by atoms with Crippen molar-refractivity contribution in [3.8, 4) is 22.8 Å². The minimum Gasteiger partial charge on any atom is -0.454 e. The van der Waals surface area contributed by atoms with Crippen LogP contribution in [-0.4, -0.2) is 63.3 Å². The van der Waals surface area contributed by atoms with E-state index in [0.717, 1.165) is 36.6 Å². The molecule has 0 aliphatic carbocycles. The number of hydrogen-bond acceptors (Lipinski definition) is 6. The SMILES string of the molecule is O=C(c1cnn2c(-c3ccc4c(c3)OCO4)ccnc12)N1CCN(Cc2ccccc2)CC1. The number of rotatable bonds is 4. The highest BCUT2D eigenvalue weighted by molar-refractivity contribution is 6.00. The van der Waals surface area contributed by atoms with Gasteiger partial charge in [0.25, 0.3) is 5.91 Å². The van der Waals surface area contributed by atoms with E-state index in [1.54, 1.807) is 16.9 Å². The lowest BCUT2D eigenvalue weighted by atomic mass is 10.1. The summed E-state index contributed by atoms with van der Waals surface area (Å²) in [5, 5.41) is 4.50. The normalized spacial score (nSPS) is 15.8. The molecule has 2 aromatic heterocycles. The molecule has 1 amide bonds. The zero-order valence-electron chi connectivity index (χ0n) is 18.1. The van der Waals surface area contributed by atoms with Crippen LogP contribution in [0.2, 0.25) is 0 Å². The average Bonchev–Trinajstić information content (AvgIpc) is 3.51. The Balaban J connectivity index is 1.21. The van der Waals surface area contributed by atoms with Crippen molar-refractivity contribution in [2.75, 3.05) is 33.0 Å². The topological polar surface area (TPSA) is 72.2 Å². The molecule has 0 atom stereocenters. The summed E-state index contributed by atoms with van der Waals surface area (Å²) in [6.07, 6.45) is 3.34. The van der Waals surface area contributed by atoms with Crippen molar-refractivity contribution in [3.63, 3.8) is 0 Å². The second-order valence-corrected chi connectivity index (χ2v) is 8.25. The standard InChI is InChI=1S/C25H23N5O3/c31-25(29-12-10-28(11-13-29)16-18-4-2-1-3-5-18)20-15-27-30-21(8-9-26-24(20)30)19-6-7-22-23(14-19)33-17-32-22/h1-9,14-15H,10-13,16-17H2. The van der Waals surface area contributed by atoms with Crippen LogP contribution in [0.15, 0.2) is 67.0 Å². The van der Waals surface area contributed by atoms with Crippen LogP contribution in [0.3, 0.4) is 0 Å². The molecular formula is C25H23N5O3. The van der Waals surface area contributed by atoms with Gasteiger partial charge in [0.05, 0.1) is 11.9 Å². The summed E-state index contributed by atoms with van der Waals surface area (Å²) in [6.45, 7) is 4.19. The molecule has 1 fully saturated rings. The van der Waals surface area contributed by atoms with Gasteiger partial charge in [-0.05, 0) is 29.8 Å². The van der Waals surface area contributed by atoms with Gasteiger partial charge in [-0.2, -0.15) is 5.10 Å². The van der Waals surface area contributed by atoms with Crippen molar-refractivity contribution >= 4 is 11.6 Å². The summed E-state index contributed by atoms with van der Waals surface area (Å²) in [4.78, 5) is 22.1. The summed E-state index contributed by atoms with van der Waals surface area (Å²) >= 11 is 0. The number of ether oxygens (including phenoxy) is 2. The third-order valence-electron chi connectivity index (χ3n) is 6.21. The van der Waals surface area contributed by atoms with Crippen LogP contribution in [0, 0.1) is 0 Å². The van der Waals surface area contributed by atoms with Crippen molar-refractivity contribution in [1.82, 2.24) is 24.4 Å². The Morgan fingerprint density at radius 3 is 2.61 bits per heavy atom. The van der Waals surface area contributed by atoms with Gasteiger partial charge in [0, 0.05) is 44.5 Å². The fraction of sp³-hybridized carbons (Fsp3) is 0.240. The van der Waals surface area contributed by atoms with Crippen LogP contribution in [0.25, 0.3) is 16.9 Å². The predicted molar refractivity (Wildman–Crippen MR) is 122 cm³/mol. The number of benzene rings is 2. The van der Waals surface area contributed by atoms with Gasteiger partial charge >= 0.3 is 0 Å². The fourth-order valence-corrected chi connectivity index (χ4v) is 4.44. The molecule has 2 aliphatic rings. The van der Waals surface area contributed by atoms with Crippen LogP contribution in [0.4, 0.5) is 0 Å². The highest BCUT2D eigenvalue weighted by atomic mass is 16.7. The molecule has 0 unspecified atom stereocenters. The number of hydrogen-bond donors (Lipinski definition) is 0. The first-order valence-electron chi connectivity index (χ1n) is 11.0. The Morgan fingerprint density at radius 2 is 1.76 bits per heavy atom. The molecule has 0 saturated carbocycles. The van der Waals surface area contributed by atoms with Gasteiger partial charge in [-0.3, -0.25) is 9.69 Å². The summed E-state index contributed by atoms with van der Waals surface area (Å²) in [5.41, 5.74) is 4.13. The van der Waals surface area contributed by atoms with E-state index in [4.69, 9.17) is 9.47 Å². The Morgan fingerprint density at radius 1 is 0.939 bits per heavy atom. The van der Waals surface area contributed by atoms with Crippen LogP contribution >= 0.6 is 0 Å². The number of amides is 1. The van der Waals surface area contributed by atoms with E-state index in [-0.39, 0.29) is 12.7 Å². The molecule has 4 heterocycles. The fourth-order valence-electron chi connectivity index (χ4n) is 4.44. The van der Waals surface area contributed by atoms with E-state index in [2.05, 4.69) is 39.2 Å². The maximum atomic E-state index is 13.3. The molecule has 166 valence electrons. The van der Waals surface area contributed by atoms with E-state index < -0.39 is 0 Å². The predicted octanol–water partition coefficient (Wildman–Crippen LogP) is 3.08. The Hall–Kier alpha value is -3.91. The maximum Gasteiger partial charge on any atom is 0.259 e. The second kappa shape index (κ2) is 8.22. The first kappa shape index (κ1) is 19.8. The number of nitrogens with zero attached hydrogens (tertiary/aromatic N) is 5.